The lowest BCUT2D eigenvalue weighted by Gasteiger charge is -2.33. The van der Waals surface area contributed by atoms with Gasteiger partial charge in [-0.25, -0.2) is 17.2 Å². The summed E-state index contributed by atoms with van der Waals surface area (Å²) in [4.78, 5) is 2.15. The molecule has 0 bridgehead atoms. The highest BCUT2D eigenvalue weighted by Crippen LogP contribution is 2.25. The van der Waals surface area contributed by atoms with Gasteiger partial charge in [0.15, 0.2) is 11.6 Å². The summed E-state index contributed by atoms with van der Waals surface area (Å²) in [6.07, 6.45) is 4.34. The van der Waals surface area contributed by atoms with Crippen LogP contribution in [0.15, 0.2) is 23.1 Å². The van der Waals surface area contributed by atoms with Crippen molar-refractivity contribution >= 4 is 10.0 Å². The molecule has 0 saturated carbocycles. The van der Waals surface area contributed by atoms with Crippen LogP contribution in [0.4, 0.5) is 8.78 Å². The smallest absolute Gasteiger partial charge is 0.243 e. The molecule has 2 aliphatic rings. The zero-order valence-corrected chi connectivity index (χ0v) is 15.7. The van der Waals surface area contributed by atoms with E-state index in [9.17, 15) is 17.2 Å². The van der Waals surface area contributed by atoms with Crippen LogP contribution >= 0.6 is 0 Å². The number of sulfonamides is 1. The first kappa shape index (κ1) is 19.7. The molecule has 2 saturated heterocycles. The van der Waals surface area contributed by atoms with Gasteiger partial charge in [0.2, 0.25) is 10.0 Å². The molecule has 0 amide bonds. The Hall–Kier alpha value is -1.09. The zero-order chi connectivity index (χ0) is 18.6. The third-order valence-corrected chi connectivity index (χ3v) is 7.10. The fourth-order valence-corrected chi connectivity index (χ4v) is 5.44. The third-order valence-electron chi connectivity index (χ3n) is 5.15. The van der Waals surface area contributed by atoms with Crippen molar-refractivity contribution in [3.05, 3.63) is 29.8 Å². The minimum atomic E-state index is -3.88. The van der Waals surface area contributed by atoms with E-state index in [-0.39, 0.29) is 10.9 Å². The van der Waals surface area contributed by atoms with Gasteiger partial charge >= 0.3 is 0 Å². The summed E-state index contributed by atoms with van der Waals surface area (Å²) in [6.45, 7) is 4.39. The van der Waals surface area contributed by atoms with Crippen molar-refractivity contribution in [3.8, 4) is 0 Å². The van der Waals surface area contributed by atoms with E-state index in [0.717, 1.165) is 44.3 Å². The molecule has 1 aromatic carbocycles. The van der Waals surface area contributed by atoms with E-state index in [1.165, 1.54) is 17.1 Å². The van der Waals surface area contributed by atoms with Crippen molar-refractivity contribution in [2.75, 3.05) is 39.4 Å². The van der Waals surface area contributed by atoms with Crippen molar-refractivity contribution in [2.45, 2.75) is 43.0 Å². The fraction of sp³-hybridized carbons (Fsp3) is 0.667. The fourth-order valence-electron chi connectivity index (χ4n) is 3.70. The Morgan fingerprint density at radius 3 is 2.46 bits per heavy atom. The van der Waals surface area contributed by atoms with Crippen molar-refractivity contribution in [3.63, 3.8) is 0 Å². The number of likely N-dealkylation sites (tertiary alicyclic amines) is 1. The van der Waals surface area contributed by atoms with Crippen LogP contribution in [0.2, 0.25) is 0 Å². The van der Waals surface area contributed by atoms with Crippen LogP contribution in [0.3, 0.4) is 0 Å². The van der Waals surface area contributed by atoms with Gasteiger partial charge in [-0.3, -0.25) is 0 Å². The highest BCUT2D eigenvalue weighted by atomic mass is 32.2. The maximum absolute atomic E-state index is 13.6. The van der Waals surface area contributed by atoms with Gasteiger partial charge in [0.05, 0.1) is 4.90 Å². The molecule has 0 atom stereocenters. The van der Waals surface area contributed by atoms with Gasteiger partial charge in [-0.2, -0.15) is 4.31 Å². The summed E-state index contributed by atoms with van der Waals surface area (Å²) < 4.78 is 59.8. The van der Waals surface area contributed by atoms with Gasteiger partial charge < -0.3 is 9.64 Å². The van der Waals surface area contributed by atoms with Crippen LogP contribution in [0.25, 0.3) is 0 Å². The summed E-state index contributed by atoms with van der Waals surface area (Å²) in [5.74, 6) is -2.19. The second-order valence-corrected chi connectivity index (χ2v) is 8.83. The summed E-state index contributed by atoms with van der Waals surface area (Å²) >= 11 is 0. The highest BCUT2D eigenvalue weighted by Gasteiger charge is 2.33. The average molecular weight is 388 g/mol. The minimum absolute atomic E-state index is 0.166. The molecular formula is C18H26F2N2O3S. The quantitative estimate of drug-likeness (QED) is 0.721. The Kier molecular flexibility index (Phi) is 6.60. The topological polar surface area (TPSA) is 49.9 Å². The molecule has 8 heteroatoms. The lowest BCUT2D eigenvalue weighted by molar-refractivity contribution is 0.0577. The Bertz CT molecular complexity index is 702. The Morgan fingerprint density at radius 1 is 1.12 bits per heavy atom. The maximum Gasteiger partial charge on any atom is 0.243 e. The summed E-state index contributed by atoms with van der Waals surface area (Å²) in [6, 6.07) is 2.62. The van der Waals surface area contributed by atoms with Crippen molar-refractivity contribution < 1.29 is 21.9 Å². The first-order chi connectivity index (χ1) is 12.5. The molecule has 0 radical (unpaired) electrons. The monoisotopic (exact) mass is 388 g/mol. The van der Waals surface area contributed by atoms with Crippen LogP contribution in [-0.4, -0.2) is 63.1 Å². The number of hydrogen-bond acceptors (Lipinski definition) is 4. The van der Waals surface area contributed by atoms with E-state index in [0.29, 0.717) is 32.6 Å². The lowest BCUT2D eigenvalue weighted by atomic mass is 10.1. The molecule has 0 unspecified atom stereocenters. The lowest BCUT2D eigenvalue weighted by Crippen LogP contribution is -2.44. The maximum atomic E-state index is 13.6. The van der Waals surface area contributed by atoms with Gasteiger partial charge in [0.1, 0.15) is 0 Å². The minimum Gasteiger partial charge on any atom is -0.381 e. The van der Waals surface area contributed by atoms with Crippen molar-refractivity contribution in [1.29, 1.82) is 0 Å². The molecule has 3 rings (SSSR count). The number of rotatable bonds is 7. The van der Waals surface area contributed by atoms with E-state index >= 15 is 0 Å². The van der Waals surface area contributed by atoms with E-state index in [1.807, 2.05) is 0 Å². The summed E-state index contributed by atoms with van der Waals surface area (Å²) in [5, 5.41) is 0. The van der Waals surface area contributed by atoms with E-state index in [4.69, 9.17) is 4.74 Å². The molecular weight excluding hydrogens is 362 g/mol. The van der Waals surface area contributed by atoms with Crippen molar-refractivity contribution in [2.24, 2.45) is 0 Å². The average Bonchev–Trinajstić information content (AvgIpc) is 3.15. The number of hydrogen-bond donors (Lipinski definition) is 0. The molecule has 0 aliphatic carbocycles. The predicted octanol–water partition coefficient (Wildman–Crippen LogP) is 2.62. The second kappa shape index (κ2) is 8.73. The van der Waals surface area contributed by atoms with Crippen LogP contribution in [0, 0.1) is 11.6 Å². The predicted molar refractivity (Wildman–Crippen MR) is 94.4 cm³/mol. The number of benzene rings is 1. The molecule has 2 fully saturated rings. The molecule has 2 aliphatic heterocycles. The molecule has 1 aromatic rings. The zero-order valence-electron chi connectivity index (χ0n) is 14.9. The molecule has 0 aromatic heterocycles. The van der Waals surface area contributed by atoms with Crippen LogP contribution in [-0.2, 0) is 14.8 Å². The normalized spacial score (nSPS) is 20.1. The van der Waals surface area contributed by atoms with Gasteiger partial charge in [-0.15, -0.1) is 0 Å². The van der Waals surface area contributed by atoms with Gasteiger partial charge in [-0.05, 0) is 69.9 Å². The summed E-state index contributed by atoms with van der Waals surface area (Å²) in [5.41, 5.74) is 0. The first-order valence-corrected chi connectivity index (χ1v) is 10.7. The Morgan fingerprint density at radius 2 is 1.81 bits per heavy atom. The molecule has 2 heterocycles. The number of ether oxygens (including phenoxy) is 1. The Labute approximate surface area is 154 Å². The van der Waals surface area contributed by atoms with Gasteiger partial charge in [-0.1, -0.05) is 0 Å². The second-order valence-electron chi connectivity index (χ2n) is 6.94. The van der Waals surface area contributed by atoms with Crippen molar-refractivity contribution in [1.82, 2.24) is 9.21 Å². The van der Waals surface area contributed by atoms with Crippen LogP contribution in [0.5, 0.6) is 0 Å². The molecule has 146 valence electrons. The van der Waals surface area contributed by atoms with Crippen LogP contribution < -0.4 is 0 Å². The van der Waals surface area contributed by atoms with Gasteiger partial charge in [0.25, 0.3) is 0 Å². The molecule has 26 heavy (non-hydrogen) atoms. The highest BCUT2D eigenvalue weighted by molar-refractivity contribution is 7.89. The Balaban J connectivity index is 1.76. The standard InChI is InChI=1S/C18H26F2N2O3S/c19-17-5-4-16(14-18(17)20)26(23,24)22(15-6-12-25-13-7-15)11-3-10-21-8-1-2-9-21/h4-5,14-15H,1-3,6-13H2. The van der Waals surface area contributed by atoms with E-state index < -0.39 is 21.7 Å². The molecule has 0 N–H and O–H groups in total. The summed E-state index contributed by atoms with van der Waals surface area (Å²) in [7, 11) is -3.88. The first-order valence-electron chi connectivity index (χ1n) is 9.25. The largest absolute Gasteiger partial charge is 0.381 e. The van der Waals surface area contributed by atoms with Gasteiger partial charge in [0, 0.05) is 25.8 Å². The number of halogens is 2. The van der Waals surface area contributed by atoms with Crippen LogP contribution in [0.1, 0.15) is 32.1 Å². The van der Waals surface area contributed by atoms with E-state index in [1.54, 1.807) is 0 Å². The SMILES string of the molecule is O=S(=O)(c1ccc(F)c(F)c1)N(CCCN1CCCC1)C1CCOCC1. The van der Waals surface area contributed by atoms with E-state index in [2.05, 4.69) is 4.90 Å². The molecule has 5 nitrogen and oxygen atoms in total. The molecule has 0 spiro atoms. The number of nitrogens with zero attached hydrogens (tertiary/aromatic N) is 2. The third kappa shape index (κ3) is 4.60.